The van der Waals surface area contributed by atoms with E-state index in [1.165, 1.54) is 5.56 Å². The fraction of sp³-hybridized carbons (Fsp3) is 0.240. The Hall–Kier alpha value is -3.02. The van der Waals surface area contributed by atoms with E-state index in [0.717, 1.165) is 60.0 Å². The van der Waals surface area contributed by atoms with Crippen LogP contribution in [0, 0.1) is 0 Å². The summed E-state index contributed by atoms with van der Waals surface area (Å²) in [5, 5.41) is 5.28. The van der Waals surface area contributed by atoms with Crippen LogP contribution in [0.5, 0.6) is 0 Å². The lowest BCUT2D eigenvalue weighted by Gasteiger charge is -2.33. The van der Waals surface area contributed by atoms with Crippen molar-refractivity contribution in [2.45, 2.75) is 25.3 Å². The van der Waals surface area contributed by atoms with Gasteiger partial charge in [-0.3, -0.25) is 4.90 Å². The summed E-state index contributed by atoms with van der Waals surface area (Å²) < 4.78 is 1.94. The monoisotopic (exact) mass is 429 g/mol. The van der Waals surface area contributed by atoms with Crippen LogP contribution >= 0.6 is 11.6 Å². The summed E-state index contributed by atoms with van der Waals surface area (Å²) in [6.07, 6.45) is 9.90. The van der Waals surface area contributed by atoms with Gasteiger partial charge in [0.2, 0.25) is 0 Å². The third-order valence-electron chi connectivity index (χ3n) is 5.86. The molecule has 6 heteroatoms. The van der Waals surface area contributed by atoms with Crippen molar-refractivity contribution >= 4 is 11.6 Å². The molecule has 2 aromatic heterocycles. The minimum atomic E-state index is 0.354. The molecule has 0 saturated carbocycles. The van der Waals surface area contributed by atoms with Crippen LogP contribution in [0.4, 0.5) is 0 Å². The quantitative estimate of drug-likeness (QED) is 0.428. The first-order valence-electron chi connectivity index (χ1n) is 10.6. The summed E-state index contributed by atoms with van der Waals surface area (Å²) in [7, 11) is 0. The summed E-state index contributed by atoms with van der Waals surface area (Å²) >= 11 is 6.48. The van der Waals surface area contributed by atoms with E-state index in [4.69, 9.17) is 16.6 Å². The van der Waals surface area contributed by atoms with Crippen molar-refractivity contribution in [1.29, 1.82) is 0 Å². The van der Waals surface area contributed by atoms with Crippen molar-refractivity contribution in [2.75, 3.05) is 13.1 Å². The molecule has 4 aromatic rings. The highest BCUT2D eigenvalue weighted by Gasteiger charge is 2.25. The van der Waals surface area contributed by atoms with Gasteiger partial charge in [0.1, 0.15) is 6.33 Å². The van der Waals surface area contributed by atoms with Crippen molar-refractivity contribution in [3.8, 4) is 16.8 Å². The van der Waals surface area contributed by atoms with E-state index in [1.54, 1.807) is 6.33 Å². The largest absolute Gasteiger partial charge is 0.298 e. The van der Waals surface area contributed by atoms with E-state index >= 15 is 0 Å². The zero-order valence-corrected chi connectivity index (χ0v) is 18.0. The zero-order valence-electron chi connectivity index (χ0n) is 17.2. The lowest BCUT2D eigenvalue weighted by Crippen LogP contribution is -2.34. The molecule has 0 spiro atoms. The molecule has 5 nitrogen and oxygen atoms in total. The first-order chi connectivity index (χ1) is 15.3. The summed E-state index contributed by atoms with van der Waals surface area (Å²) in [5.74, 6) is 0.354. The highest BCUT2D eigenvalue weighted by Crippen LogP contribution is 2.35. The molecule has 1 fully saturated rings. The second-order valence-corrected chi connectivity index (χ2v) is 8.41. The van der Waals surface area contributed by atoms with Gasteiger partial charge in [-0.15, -0.1) is 0 Å². The van der Waals surface area contributed by atoms with Crippen LogP contribution in [0.2, 0.25) is 5.02 Å². The highest BCUT2D eigenvalue weighted by atomic mass is 35.5. The number of hydrogen-bond donors (Lipinski definition) is 0. The number of nitrogens with zero attached hydrogens (tertiary/aromatic N) is 5. The van der Waals surface area contributed by atoms with E-state index in [1.807, 2.05) is 59.5 Å². The van der Waals surface area contributed by atoms with Gasteiger partial charge in [-0.1, -0.05) is 48.0 Å². The molecule has 1 unspecified atom stereocenters. The third kappa shape index (κ3) is 4.38. The minimum absolute atomic E-state index is 0.354. The maximum atomic E-state index is 6.48. The first-order valence-corrected chi connectivity index (χ1v) is 11.0. The van der Waals surface area contributed by atoms with Crippen LogP contribution in [0.25, 0.3) is 16.8 Å². The first kappa shape index (κ1) is 19.9. The summed E-state index contributed by atoms with van der Waals surface area (Å²) in [4.78, 5) is 11.5. The van der Waals surface area contributed by atoms with Gasteiger partial charge in [0.25, 0.3) is 0 Å². The molecule has 1 aliphatic rings. The van der Waals surface area contributed by atoms with Gasteiger partial charge in [0.15, 0.2) is 0 Å². The Kier molecular flexibility index (Phi) is 5.78. The topological polar surface area (TPSA) is 46.8 Å². The number of piperidine rings is 1. The number of benzene rings is 2. The minimum Gasteiger partial charge on any atom is -0.298 e. The summed E-state index contributed by atoms with van der Waals surface area (Å²) in [5.41, 5.74) is 5.43. The van der Waals surface area contributed by atoms with Crippen LogP contribution in [0.15, 0.2) is 79.5 Å². The molecule has 0 bridgehead atoms. The molecular weight excluding hydrogens is 406 g/mol. The van der Waals surface area contributed by atoms with Gasteiger partial charge < -0.3 is 0 Å². The lowest BCUT2D eigenvalue weighted by molar-refractivity contribution is 0.198. The Bertz CT molecular complexity index is 1160. The van der Waals surface area contributed by atoms with E-state index < -0.39 is 0 Å². The Balaban J connectivity index is 1.34. The third-order valence-corrected chi connectivity index (χ3v) is 6.19. The van der Waals surface area contributed by atoms with Crippen LogP contribution in [0.3, 0.4) is 0 Å². The molecular formula is C25H24ClN5. The number of para-hydroxylation sites is 1. The van der Waals surface area contributed by atoms with E-state index in [9.17, 15) is 0 Å². The average Bonchev–Trinajstić information content (AvgIpc) is 3.29. The second-order valence-electron chi connectivity index (χ2n) is 8.00. The van der Waals surface area contributed by atoms with Crippen LogP contribution < -0.4 is 0 Å². The predicted molar refractivity (Wildman–Crippen MR) is 123 cm³/mol. The van der Waals surface area contributed by atoms with Gasteiger partial charge in [-0.05, 0) is 37.6 Å². The molecule has 156 valence electrons. The van der Waals surface area contributed by atoms with Crippen molar-refractivity contribution in [2.24, 2.45) is 0 Å². The van der Waals surface area contributed by atoms with Crippen LogP contribution in [-0.2, 0) is 6.54 Å². The lowest BCUT2D eigenvalue weighted by atomic mass is 9.90. The van der Waals surface area contributed by atoms with Crippen LogP contribution in [-0.4, -0.2) is 37.7 Å². The van der Waals surface area contributed by atoms with E-state index in [-0.39, 0.29) is 0 Å². The number of hydrogen-bond acceptors (Lipinski definition) is 4. The molecule has 0 aliphatic carbocycles. The normalized spacial score (nSPS) is 17.0. The Morgan fingerprint density at radius 3 is 2.68 bits per heavy atom. The molecule has 2 aromatic carbocycles. The number of aromatic nitrogens is 4. The SMILES string of the molecule is Clc1ccccc1-c1cncnc1C1CCCN(Cc2cnn(-c3ccccc3)c2)C1. The molecule has 31 heavy (non-hydrogen) atoms. The van der Waals surface area contributed by atoms with Gasteiger partial charge in [-0.2, -0.15) is 5.10 Å². The Morgan fingerprint density at radius 1 is 0.968 bits per heavy atom. The molecule has 5 rings (SSSR count). The average molecular weight is 430 g/mol. The van der Waals surface area contributed by atoms with Crippen molar-refractivity contribution in [3.63, 3.8) is 0 Å². The highest BCUT2D eigenvalue weighted by molar-refractivity contribution is 6.33. The smallest absolute Gasteiger partial charge is 0.115 e. The van der Waals surface area contributed by atoms with Crippen molar-refractivity contribution in [1.82, 2.24) is 24.6 Å². The number of rotatable bonds is 5. The second kappa shape index (κ2) is 9.00. The molecule has 0 radical (unpaired) electrons. The molecule has 3 heterocycles. The fourth-order valence-electron chi connectivity index (χ4n) is 4.40. The Labute approximate surface area is 187 Å². The Morgan fingerprint density at radius 2 is 1.81 bits per heavy atom. The molecule has 1 atom stereocenters. The van der Waals surface area contributed by atoms with Gasteiger partial charge in [-0.25, -0.2) is 14.6 Å². The fourth-order valence-corrected chi connectivity index (χ4v) is 4.63. The van der Waals surface area contributed by atoms with E-state index in [0.29, 0.717) is 5.92 Å². The van der Waals surface area contributed by atoms with Crippen molar-refractivity contribution in [3.05, 3.63) is 95.8 Å². The van der Waals surface area contributed by atoms with Gasteiger partial charge >= 0.3 is 0 Å². The molecule has 1 saturated heterocycles. The molecule has 1 aliphatic heterocycles. The van der Waals surface area contributed by atoms with Gasteiger partial charge in [0, 0.05) is 53.1 Å². The number of halogens is 1. The van der Waals surface area contributed by atoms with Crippen LogP contribution in [0.1, 0.15) is 30.0 Å². The van der Waals surface area contributed by atoms with Gasteiger partial charge in [0.05, 0.1) is 17.6 Å². The predicted octanol–water partition coefficient (Wildman–Crippen LogP) is 5.36. The number of likely N-dealkylation sites (tertiary alicyclic amines) is 1. The standard InChI is InChI=1S/C25H24ClN5/c26-24-11-5-4-10-22(24)23-14-27-18-28-25(23)20-7-6-12-30(17-20)15-19-13-29-31(16-19)21-8-2-1-3-9-21/h1-5,8-11,13-14,16,18,20H,6-7,12,15,17H2. The zero-order chi connectivity index (χ0) is 21.0. The van der Waals surface area contributed by atoms with E-state index in [2.05, 4.69) is 33.3 Å². The molecule has 0 N–H and O–H groups in total. The maximum Gasteiger partial charge on any atom is 0.115 e. The summed E-state index contributed by atoms with van der Waals surface area (Å²) in [6.45, 7) is 2.93. The molecule has 0 amide bonds. The summed E-state index contributed by atoms with van der Waals surface area (Å²) in [6, 6.07) is 18.1. The van der Waals surface area contributed by atoms with Crippen molar-refractivity contribution < 1.29 is 0 Å². The maximum absolute atomic E-state index is 6.48.